The maximum Gasteiger partial charge on any atom is 0.220 e. The molecule has 0 saturated carbocycles. The number of carbonyl (C=O) groups is 1. The predicted molar refractivity (Wildman–Crippen MR) is 305 cm³/mol. The predicted octanol–water partition coefficient (Wildman–Crippen LogP) is 20.2. The van der Waals surface area contributed by atoms with Crippen LogP contribution in [0.2, 0.25) is 0 Å². The summed E-state index contributed by atoms with van der Waals surface area (Å²) in [4.78, 5) is 12.5. The minimum Gasteiger partial charge on any atom is -0.394 e. The van der Waals surface area contributed by atoms with E-state index in [4.69, 9.17) is 0 Å². The highest BCUT2D eigenvalue weighted by atomic mass is 16.3. The second-order valence-electron chi connectivity index (χ2n) is 22.3. The normalized spacial score (nSPS) is 13.2. The first-order valence-corrected chi connectivity index (χ1v) is 32.0. The first-order chi connectivity index (χ1) is 34.1. The van der Waals surface area contributed by atoms with Gasteiger partial charge in [-0.3, -0.25) is 4.79 Å². The molecule has 0 heterocycles. The number of aliphatic hydroxyl groups excluding tert-OH is 3. The van der Waals surface area contributed by atoms with Crippen LogP contribution in [0.15, 0.2) is 12.2 Å². The molecule has 412 valence electrons. The van der Waals surface area contributed by atoms with Gasteiger partial charge in [-0.25, -0.2) is 0 Å². The van der Waals surface area contributed by atoms with Crippen molar-refractivity contribution in [3.63, 3.8) is 0 Å². The Kier molecular flexibility index (Phi) is 58.9. The van der Waals surface area contributed by atoms with Gasteiger partial charge in [0.15, 0.2) is 0 Å². The quantitative estimate of drug-likeness (QED) is 0.0361. The van der Waals surface area contributed by atoms with Crippen molar-refractivity contribution < 1.29 is 20.1 Å². The van der Waals surface area contributed by atoms with Gasteiger partial charge in [-0.05, 0) is 38.5 Å². The maximum atomic E-state index is 12.5. The average molecular weight is 975 g/mol. The zero-order valence-electron chi connectivity index (χ0n) is 47.2. The summed E-state index contributed by atoms with van der Waals surface area (Å²) in [5.74, 6) is -0.136. The molecule has 3 unspecified atom stereocenters. The van der Waals surface area contributed by atoms with E-state index in [0.29, 0.717) is 12.8 Å². The highest BCUT2D eigenvalue weighted by Gasteiger charge is 2.26. The third-order valence-corrected chi connectivity index (χ3v) is 15.4. The van der Waals surface area contributed by atoms with Crippen LogP contribution in [0.4, 0.5) is 0 Å². The molecule has 3 atom stereocenters. The van der Waals surface area contributed by atoms with Gasteiger partial charge in [0.05, 0.1) is 18.8 Å². The molecule has 0 bridgehead atoms. The van der Waals surface area contributed by atoms with Gasteiger partial charge in [-0.1, -0.05) is 334 Å². The van der Waals surface area contributed by atoms with Gasteiger partial charge >= 0.3 is 0 Å². The van der Waals surface area contributed by atoms with E-state index in [9.17, 15) is 20.1 Å². The van der Waals surface area contributed by atoms with Crippen molar-refractivity contribution in [3.8, 4) is 0 Å². The number of hydrogen-bond donors (Lipinski definition) is 4. The number of hydrogen-bond acceptors (Lipinski definition) is 4. The average Bonchev–Trinajstić information content (AvgIpc) is 3.35. The molecule has 5 nitrogen and oxygen atoms in total. The summed E-state index contributed by atoms with van der Waals surface area (Å²) in [6, 6.07) is -0.807. The number of allylic oxidation sites excluding steroid dienone is 2. The molecule has 69 heavy (non-hydrogen) atoms. The number of aliphatic hydroxyl groups is 3. The molecular formula is C64H127NO4. The number of rotatable bonds is 60. The molecule has 5 heteroatoms. The highest BCUT2D eigenvalue weighted by molar-refractivity contribution is 5.76. The summed E-state index contributed by atoms with van der Waals surface area (Å²) in [5.41, 5.74) is 0. The number of amides is 1. The molecule has 4 N–H and O–H groups in total. The fraction of sp³-hybridized carbons (Fsp3) is 0.953. The molecule has 0 aromatic rings. The zero-order chi connectivity index (χ0) is 50.0. The Hall–Kier alpha value is -0.910. The first-order valence-electron chi connectivity index (χ1n) is 32.0. The standard InChI is InChI=1S/C64H127NO4/c1-3-5-7-9-11-13-15-17-19-21-23-25-26-27-28-29-30-31-32-33-34-35-36-37-38-39-41-43-45-47-49-51-53-55-57-59-63(68)65-61(60-66)64(69)62(67)58-56-54-52-50-48-46-44-42-40-24-22-20-18-16-14-12-10-8-6-4-2/h29-30,61-62,64,66-67,69H,3-28,31-60H2,1-2H3,(H,65,68)/b30-29-. The van der Waals surface area contributed by atoms with Crippen molar-refractivity contribution in [2.75, 3.05) is 6.61 Å². The number of nitrogens with one attached hydrogen (secondary N) is 1. The molecule has 0 spiro atoms. The van der Waals surface area contributed by atoms with Crippen molar-refractivity contribution in [2.24, 2.45) is 0 Å². The van der Waals surface area contributed by atoms with Crippen LogP contribution in [0.25, 0.3) is 0 Å². The minimum atomic E-state index is -1.13. The molecule has 0 rings (SSSR count). The fourth-order valence-electron chi connectivity index (χ4n) is 10.5. The van der Waals surface area contributed by atoms with Crippen LogP contribution in [0.5, 0.6) is 0 Å². The van der Waals surface area contributed by atoms with Gasteiger partial charge in [0, 0.05) is 6.42 Å². The molecule has 0 aliphatic rings. The molecule has 0 fully saturated rings. The summed E-state index contributed by atoms with van der Waals surface area (Å²) in [6.45, 7) is 4.23. The molecule has 0 saturated heterocycles. The van der Waals surface area contributed by atoms with Gasteiger partial charge in [0.25, 0.3) is 0 Å². The Labute approximate surface area is 433 Å². The van der Waals surface area contributed by atoms with Crippen molar-refractivity contribution in [3.05, 3.63) is 12.2 Å². The lowest BCUT2D eigenvalue weighted by atomic mass is 9.99. The van der Waals surface area contributed by atoms with Gasteiger partial charge in [-0.15, -0.1) is 0 Å². The molecule has 0 aliphatic heterocycles. The Morgan fingerprint density at radius 1 is 0.348 bits per heavy atom. The molecule has 1 amide bonds. The summed E-state index contributed by atoms with van der Waals surface area (Å²) in [6.07, 6.45) is 75.5. The molecular weight excluding hydrogens is 847 g/mol. The smallest absolute Gasteiger partial charge is 0.220 e. The summed E-state index contributed by atoms with van der Waals surface area (Å²) in [7, 11) is 0. The van der Waals surface area contributed by atoms with E-state index in [-0.39, 0.29) is 12.5 Å². The van der Waals surface area contributed by atoms with Gasteiger partial charge in [0.2, 0.25) is 5.91 Å². The fourth-order valence-corrected chi connectivity index (χ4v) is 10.5. The lowest BCUT2D eigenvalue weighted by Gasteiger charge is -2.26. The van der Waals surface area contributed by atoms with Crippen LogP contribution in [0, 0.1) is 0 Å². The minimum absolute atomic E-state index is 0.136. The van der Waals surface area contributed by atoms with Gasteiger partial charge < -0.3 is 20.6 Å². The molecule has 0 radical (unpaired) electrons. The highest BCUT2D eigenvalue weighted by Crippen LogP contribution is 2.19. The second-order valence-corrected chi connectivity index (χ2v) is 22.3. The third-order valence-electron chi connectivity index (χ3n) is 15.4. The van der Waals surface area contributed by atoms with E-state index in [2.05, 4.69) is 31.3 Å². The van der Waals surface area contributed by atoms with E-state index >= 15 is 0 Å². The van der Waals surface area contributed by atoms with Crippen molar-refractivity contribution in [1.82, 2.24) is 5.32 Å². The van der Waals surface area contributed by atoms with E-state index < -0.39 is 18.2 Å². The van der Waals surface area contributed by atoms with Crippen LogP contribution in [0.1, 0.15) is 367 Å². The molecule has 0 aromatic carbocycles. The number of unbranched alkanes of at least 4 members (excludes halogenated alkanes) is 50. The summed E-state index contributed by atoms with van der Waals surface area (Å²) < 4.78 is 0. The lowest BCUT2D eigenvalue weighted by Crippen LogP contribution is -2.50. The second kappa shape index (κ2) is 59.7. The van der Waals surface area contributed by atoms with Crippen LogP contribution >= 0.6 is 0 Å². The van der Waals surface area contributed by atoms with Gasteiger partial charge in [-0.2, -0.15) is 0 Å². The van der Waals surface area contributed by atoms with E-state index in [1.165, 1.54) is 308 Å². The molecule has 0 aromatic heterocycles. The Morgan fingerprint density at radius 2 is 0.580 bits per heavy atom. The number of carbonyl (C=O) groups excluding carboxylic acids is 1. The lowest BCUT2D eigenvalue weighted by molar-refractivity contribution is -0.124. The van der Waals surface area contributed by atoms with E-state index in [1.54, 1.807) is 0 Å². The van der Waals surface area contributed by atoms with Crippen molar-refractivity contribution >= 4 is 5.91 Å². The van der Waals surface area contributed by atoms with Gasteiger partial charge in [0.1, 0.15) is 6.10 Å². The van der Waals surface area contributed by atoms with E-state index in [0.717, 1.165) is 32.1 Å². The largest absolute Gasteiger partial charge is 0.394 e. The maximum absolute atomic E-state index is 12.5. The molecule has 0 aliphatic carbocycles. The van der Waals surface area contributed by atoms with Crippen LogP contribution in [0.3, 0.4) is 0 Å². The van der Waals surface area contributed by atoms with E-state index in [1.807, 2.05) is 0 Å². The Morgan fingerprint density at radius 3 is 0.841 bits per heavy atom. The zero-order valence-corrected chi connectivity index (χ0v) is 47.2. The van der Waals surface area contributed by atoms with Crippen LogP contribution in [-0.2, 0) is 4.79 Å². The van der Waals surface area contributed by atoms with Crippen molar-refractivity contribution in [1.29, 1.82) is 0 Å². The third kappa shape index (κ3) is 54.7. The monoisotopic (exact) mass is 974 g/mol. The Bertz CT molecular complexity index is 987. The summed E-state index contributed by atoms with van der Waals surface area (Å²) in [5, 5.41) is 33.9. The van der Waals surface area contributed by atoms with Crippen LogP contribution < -0.4 is 5.32 Å². The first kappa shape index (κ1) is 68.1. The SMILES string of the molecule is CCCCCCCCCCCCCCCC/C=C\CCCCCCCCCCCCCCCCCCCC(=O)NC(CO)C(O)C(O)CCCCCCCCCCCCCCCCCCCCCC. The topological polar surface area (TPSA) is 89.8 Å². The van der Waals surface area contributed by atoms with Crippen molar-refractivity contribution in [2.45, 2.75) is 385 Å². The Balaban J connectivity index is 3.45. The summed E-state index contributed by atoms with van der Waals surface area (Å²) >= 11 is 0. The van der Waals surface area contributed by atoms with Crippen LogP contribution in [-0.4, -0.2) is 46.1 Å².